The van der Waals surface area contributed by atoms with Crippen molar-refractivity contribution in [2.45, 2.75) is 25.8 Å². The van der Waals surface area contributed by atoms with Gasteiger partial charge >= 0.3 is 0 Å². The smallest absolute Gasteiger partial charge is 0.272 e. The van der Waals surface area contributed by atoms with Gasteiger partial charge in [-0.05, 0) is 49.0 Å². The molecule has 7 heteroatoms. The van der Waals surface area contributed by atoms with Crippen LogP contribution in [0.25, 0.3) is 22.0 Å². The second-order valence-corrected chi connectivity index (χ2v) is 8.30. The van der Waals surface area contributed by atoms with E-state index in [4.69, 9.17) is 0 Å². The standard InChI is InChI=1S/C24H26N4OS.ClH/c29-24-22-12-3-2-11-21(22)23(27-28-24)18-8-6-9-19(16-18)26-14-5-1-4-13-25-17-20-10-7-15-30-20;/h2-3,6-12,15-16,25-26H,1,4-5,13-14,17H2,(H,28,29);1H. The van der Waals surface area contributed by atoms with Crippen molar-refractivity contribution in [3.05, 3.63) is 81.3 Å². The van der Waals surface area contributed by atoms with Crippen LogP contribution in [0.3, 0.4) is 0 Å². The molecular weight excluding hydrogens is 428 g/mol. The molecule has 0 unspecified atom stereocenters. The van der Waals surface area contributed by atoms with Gasteiger partial charge in [-0.1, -0.05) is 42.8 Å². The highest BCUT2D eigenvalue weighted by Crippen LogP contribution is 2.26. The summed E-state index contributed by atoms with van der Waals surface area (Å²) in [6, 6.07) is 20.1. The SMILES string of the molecule is Cl.O=c1[nH]nc(-c2cccc(NCCCCCNCc3cccs3)c2)c2ccccc12. The number of anilines is 1. The van der Waals surface area contributed by atoms with Gasteiger partial charge in [0.25, 0.3) is 5.56 Å². The van der Waals surface area contributed by atoms with Crippen LogP contribution < -0.4 is 16.2 Å². The molecule has 0 spiro atoms. The Morgan fingerprint density at radius 2 is 1.74 bits per heavy atom. The molecule has 0 aliphatic rings. The maximum atomic E-state index is 12.0. The molecule has 0 aliphatic heterocycles. The molecule has 0 fully saturated rings. The molecule has 0 amide bonds. The number of rotatable bonds is 10. The number of benzene rings is 2. The number of nitrogens with one attached hydrogen (secondary N) is 3. The van der Waals surface area contributed by atoms with Crippen molar-refractivity contribution >= 4 is 40.2 Å². The third-order valence-corrected chi connectivity index (χ3v) is 5.95. The zero-order valence-electron chi connectivity index (χ0n) is 17.3. The molecule has 162 valence electrons. The molecule has 0 saturated heterocycles. The van der Waals surface area contributed by atoms with Crippen molar-refractivity contribution in [1.82, 2.24) is 15.5 Å². The van der Waals surface area contributed by atoms with E-state index in [9.17, 15) is 4.79 Å². The number of hydrogen-bond donors (Lipinski definition) is 3. The first kappa shape index (κ1) is 23.0. The van der Waals surface area contributed by atoms with Gasteiger partial charge in [0.1, 0.15) is 0 Å². The second-order valence-electron chi connectivity index (χ2n) is 7.27. The number of hydrogen-bond acceptors (Lipinski definition) is 5. The van der Waals surface area contributed by atoms with Gasteiger partial charge < -0.3 is 10.6 Å². The third kappa shape index (κ3) is 6.17. The van der Waals surface area contributed by atoms with Gasteiger partial charge in [0.15, 0.2) is 0 Å². The monoisotopic (exact) mass is 454 g/mol. The Labute approximate surface area is 192 Å². The Morgan fingerprint density at radius 1 is 0.903 bits per heavy atom. The summed E-state index contributed by atoms with van der Waals surface area (Å²) in [6.45, 7) is 2.96. The van der Waals surface area contributed by atoms with Gasteiger partial charge in [-0.25, -0.2) is 5.10 Å². The van der Waals surface area contributed by atoms with Gasteiger partial charge in [-0.3, -0.25) is 4.79 Å². The molecule has 0 aliphatic carbocycles. The molecule has 4 rings (SSSR count). The minimum absolute atomic E-state index is 0. The molecule has 0 radical (unpaired) electrons. The van der Waals surface area contributed by atoms with E-state index in [1.165, 1.54) is 17.7 Å². The number of thiophene rings is 1. The summed E-state index contributed by atoms with van der Waals surface area (Å²) in [5.74, 6) is 0. The minimum atomic E-state index is -0.159. The van der Waals surface area contributed by atoms with E-state index in [0.717, 1.165) is 48.4 Å². The molecule has 3 N–H and O–H groups in total. The molecular formula is C24H27ClN4OS. The second kappa shape index (κ2) is 11.6. The first-order chi connectivity index (χ1) is 14.8. The first-order valence-electron chi connectivity index (χ1n) is 10.4. The van der Waals surface area contributed by atoms with Crippen LogP contribution in [0.4, 0.5) is 5.69 Å². The Morgan fingerprint density at radius 3 is 2.58 bits per heavy atom. The summed E-state index contributed by atoms with van der Waals surface area (Å²) in [4.78, 5) is 13.4. The zero-order chi connectivity index (χ0) is 20.6. The molecule has 0 atom stereocenters. The van der Waals surface area contributed by atoms with Gasteiger partial charge in [0.05, 0.1) is 11.1 Å². The Bertz CT molecular complexity index is 1140. The molecule has 0 saturated carbocycles. The van der Waals surface area contributed by atoms with Crippen molar-refractivity contribution < 1.29 is 0 Å². The summed E-state index contributed by atoms with van der Waals surface area (Å²) in [5, 5.41) is 17.6. The normalized spacial score (nSPS) is 10.7. The highest BCUT2D eigenvalue weighted by atomic mass is 35.5. The van der Waals surface area contributed by atoms with Crippen molar-refractivity contribution in [2.75, 3.05) is 18.4 Å². The van der Waals surface area contributed by atoms with Crippen LogP contribution in [0.15, 0.2) is 70.8 Å². The van der Waals surface area contributed by atoms with Gasteiger partial charge in [0, 0.05) is 34.6 Å². The third-order valence-electron chi connectivity index (χ3n) is 5.07. The molecule has 2 aromatic heterocycles. The summed E-state index contributed by atoms with van der Waals surface area (Å²) in [6.07, 6.45) is 3.50. The lowest BCUT2D eigenvalue weighted by Gasteiger charge is -2.10. The fourth-order valence-corrected chi connectivity index (χ4v) is 4.19. The molecule has 4 aromatic rings. The van der Waals surface area contributed by atoms with Crippen molar-refractivity contribution in [1.29, 1.82) is 0 Å². The van der Waals surface area contributed by atoms with E-state index in [0.29, 0.717) is 5.39 Å². The number of nitrogens with zero attached hydrogens (tertiary/aromatic N) is 1. The molecule has 31 heavy (non-hydrogen) atoms. The van der Waals surface area contributed by atoms with E-state index in [2.05, 4.69) is 50.5 Å². The fraction of sp³-hybridized carbons (Fsp3) is 0.250. The van der Waals surface area contributed by atoms with E-state index in [1.807, 2.05) is 36.4 Å². The van der Waals surface area contributed by atoms with Crippen LogP contribution in [-0.4, -0.2) is 23.3 Å². The Balaban J connectivity index is 0.00000272. The number of H-pyrrole nitrogens is 1. The molecule has 0 bridgehead atoms. The molecule has 2 aromatic carbocycles. The lowest BCUT2D eigenvalue weighted by Crippen LogP contribution is -2.14. The average molecular weight is 455 g/mol. The molecule has 2 heterocycles. The van der Waals surface area contributed by atoms with E-state index in [1.54, 1.807) is 11.3 Å². The quantitative estimate of drug-likeness (QED) is 0.279. The predicted molar refractivity (Wildman–Crippen MR) is 133 cm³/mol. The summed E-state index contributed by atoms with van der Waals surface area (Å²) < 4.78 is 0. The van der Waals surface area contributed by atoms with Gasteiger partial charge in [0.2, 0.25) is 0 Å². The highest BCUT2D eigenvalue weighted by Gasteiger charge is 2.08. The summed E-state index contributed by atoms with van der Waals surface area (Å²) >= 11 is 1.80. The Kier molecular flexibility index (Phi) is 8.64. The largest absolute Gasteiger partial charge is 0.385 e. The topological polar surface area (TPSA) is 69.8 Å². The zero-order valence-corrected chi connectivity index (χ0v) is 18.9. The summed E-state index contributed by atoms with van der Waals surface area (Å²) in [5.41, 5.74) is 2.70. The maximum Gasteiger partial charge on any atom is 0.272 e. The maximum absolute atomic E-state index is 12.0. The molecule has 5 nitrogen and oxygen atoms in total. The lowest BCUT2D eigenvalue weighted by atomic mass is 10.0. The van der Waals surface area contributed by atoms with Crippen LogP contribution in [0.5, 0.6) is 0 Å². The predicted octanol–water partition coefficient (Wildman–Crippen LogP) is 5.45. The number of aromatic nitrogens is 2. The van der Waals surface area contributed by atoms with Crippen LogP contribution in [0.2, 0.25) is 0 Å². The Hall–Kier alpha value is -2.67. The van der Waals surface area contributed by atoms with E-state index < -0.39 is 0 Å². The van der Waals surface area contributed by atoms with Crippen LogP contribution in [0.1, 0.15) is 24.1 Å². The fourth-order valence-electron chi connectivity index (χ4n) is 3.52. The number of fused-ring (bicyclic) bond motifs is 1. The average Bonchev–Trinajstić information content (AvgIpc) is 3.30. The number of halogens is 1. The van der Waals surface area contributed by atoms with Crippen molar-refractivity contribution in [3.8, 4) is 11.3 Å². The van der Waals surface area contributed by atoms with Gasteiger partial charge in [-0.15, -0.1) is 23.7 Å². The highest BCUT2D eigenvalue weighted by molar-refractivity contribution is 7.09. The lowest BCUT2D eigenvalue weighted by molar-refractivity contribution is 0.614. The van der Waals surface area contributed by atoms with Gasteiger partial charge in [-0.2, -0.15) is 5.10 Å². The van der Waals surface area contributed by atoms with Crippen LogP contribution in [-0.2, 0) is 6.54 Å². The van der Waals surface area contributed by atoms with Crippen molar-refractivity contribution in [2.24, 2.45) is 0 Å². The first-order valence-corrected chi connectivity index (χ1v) is 11.2. The van der Waals surface area contributed by atoms with Crippen LogP contribution >= 0.6 is 23.7 Å². The summed E-state index contributed by atoms with van der Waals surface area (Å²) in [7, 11) is 0. The minimum Gasteiger partial charge on any atom is -0.385 e. The number of aromatic amines is 1. The van der Waals surface area contributed by atoms with Crippen molar-refractivity contribution in [3.63, 3.8) is 0 Å². The van der Waals surface area contributed by atoms with Crippen LogP contribution in [0, 0.1) is 0 Å². The van der Waals surface area contributed by atoms with E-state index in [-0.39, 0.29) is 18.0 Å². The van der Waals surface area contributed by atoms with E-state index >= 15 is 0 Å². The number of unbranched alkanes of at least 4 members (excludes halogenated alkanes) is 2.